The van der Waals surface area contributed by atoms with Crippen LogP contribution in [0.2, 0.25) is 0 Å². The van der Waals surface area contributed by atoms with E-state index in [9.17, 15) is 22.4 Å². The molecule has 3 aromatic rings. The van der Waals surface area contributed by atoms with Crippen molar-refractivity contribution < 1.29 is 22.4 Å². The molecular weight excluding hydrogens is 529 g/mol. The van der Waals surface area contributed by atoms with Gasteiger partial charge in [0.1, 0.15) is 11.9 Å². The fourth-order valence-corrected chi connectivity index (χ4v) is 5.09. The zero-order valence-corrected chi connectivity index (χ0v) is 23.9. The third kappa shape index (κ3) is 9.88. The summed E-state index contributed by atoms with van der Waals surface area (Å²) in [5.41, 5.74) is 2.22. The number of nitrogens with zero attached hydrogens (tertiary/aromatic N) is 2. The summed E-state index contributed by atoms with van der Waals surface area (Å²) in [4.78, 5) is 28.9. The molecule has 9 heteroatoms. The number of hydrogen-bond acceptors (Lipinski definition) is 4. The highest BCUT2D eigenvalue weighted by atomic mass is 32.2. The first-order chi connectivity index (χ1) is 19.2. The first-order valence-electron chi connectivity index (χ1n) is 13.5. The van der Waals surface area contributed by atoms with Crippen molar-refractivity contribution in [2.75, 3.05) is 19.3 Å². The summed E-state index contributed by atoms with van der Waals surface area (Å²) >= 11 is 0. The molecule has 1 atom stereocenters. The van der Waals surface area contributed by atoms with Gasteiger partial charge < -0.3 is 10.2 Å². The molecule has 214 valence electrons. The van der Waals surface area contributed by atoms with Crippen LogP contribution in [0.4, 0.5) is 4.39 Å². The fourth-order valence-electron chi connectivity index (χ4n) is 4.36. The van der Waals surface area contributed by atoms with Crippen LogP contribution >= 0.6 is 0 Å². The summed E-state index contributed by atoms with van der Waals surface area (Å²) in [6.45, 7) is 2.14. The van der Waals surface area contributed by atoms with Gasteiger partial charge in [0.05, 0.1) is 12.8 Å². The molecule has 3 aromatic carbocycles. The van der Waals surface area contributed by atoms with Crippen molar-refractivity contribution in [3.05, 3.63) is 107 Å². The lowest BCUT2D eigenvalue weighted by atomic mass is 10.0. The van der Waals surface area contributed by atoms with Crippen LogP contribution in [-0.2, 0) is 39.1 Å². The van der Waals surface area contributed by atoms with Crippen molar-refractivity contribution in [1.82, 2.24) is 14.5 Å². The summed E-state index contributed by atoms with van der Waals surface area (Å²) in [7, 11) is -3.76. The van der Waals surface area contributed by atoms with Gasteiger partial charge in [-0.15, -0.1) is 0 Å². The second kappa shape index (κ2) is 15.3. The van der Waals surface area contributed by atoms with Crippen molar-refractivity contribution in [3.8, 4) is 0 Å². The van der Waals surface area contributed by atoms with Crippen molar-refractivity contribution in [1.29, 1.82) is 0 Å². The number of unbranched alkanes of at least 4 members (excludes halogenated alkanes) is 2. The van der Waals surface area contributed by atoms with E-state index in [4.69, 9.17) is 0 Å². The molecule has 40 heavy (non-hydrogen) atoms. The highest BCUT2D eigenvalue weighted by molar-refractivity contribution is 7.88. The lowest BCUT2D eigenvalue weighted by molar-refractivity contribution is -0.141. The van der Waals surface area contributed by atoms with E-state index in [-0.39, 0.29) is 25.4 Å². The van der Waals surface area contributed by atoms with Gasteiger partial charge in [0.25, 0.3) is 0 Å². The van der Waals surface area contributed by atoms with E-state index < -0.39 is 34.3 Å². The topological polar surface area (TPSA) is 86.8 Å². The lowest BCUT2D eigenvalue weighted by Gasteiger charge is -2.33. The maximum absolute atomic E-state index is 13.9. The Bertz CT molecular complexity index is 1320. The van der Waals surface area contributed by atoms with Gasteiger partial charge in [-0.1, -0.05) is 92.6 Å². The molecule has 1 N–H and O–H groups in total. The molecule has 0 aliphatic rings. The molecule has 0 heterocycles. The molecular formula is C31H38FN3O4S. The minimum atomic E-state index is -3.76. The van der Waals surface area contributed by atoms with Gasteiger partial charge in [-0.05, 0) is 35.2 Å². The zero-order chi connectivity index (χ0) is 29.0. The van der Waals surface area contributed by atoms with Crippen LogP contribution in [0.15, 0.2) is 84.9 Å². The molecule has 0 aromatic heterocycles. The molecule has 7 nitrogen and oxygen atoms in total. The standard InChI is InChI=1S/C31H38FN3O4S/c1-3-4-11-20-33-31(37)29(21-25-12-7-5-8-13-25)35(23-27-16-18-28(32)19-17-27)30(36)24-34(40(2,38)39)22-26-14-9-6-10-15-26/h5-10,12-19,29H,3-4,11,20-24H2,1-2H3,(H,33,37). The van der Waals surface area contributed by atoms with E-state index in [1.807, 2.05) is 36.4 Å². The van der Waals surface area contributed by atoms with Crippen LogP contribution in [0.1, 0.15) is 42.9 Å². The molecule has 3 rings (SSSR count). The molecule has 0 fully saturated rings. The Morgan fingerprint density at radius 2 is 1.40 bits per heavy atom. The minimum absolute atomic E-state index is 0.0158. The van der Waals surface area contributed by atoms with E-state index >= 15 is 0 Å². The van der Waals surface area contributed by atoms with E-state index in [0.29, 0.717) is 12.1 Å². The van der Waals surface area contributed by atoms with Crippen molar-refractivity contribution >= 4 is 21.8 Å². The normalized spacial score (nSPS) is 12.2. The predicted octanol–water partition coefficient (Wildman–Crippen LogP) is 4.53. The summed E-state index contributed by atoms with van der Waals surface area (Å²) < 4.78 is 40.2. The Kier molecular flexibility index (Phi) is 11.8. The van der Waals surface area contributed by atoms with Crippen molar-refractivity contribution in [2.45, 2.75) is 51.7 Å². The molecule has 2 amide bonds. The van der Waals surface area contributed by atoms with Crippen LogP contribution < -0.4 is 5.32 Å². The number of sulfonamides is 1. The van der Waals surface area contributed by atoms with Gasteiger partial charge in [-0.3, -0.25) is 9.59 Å². The van der Waals surface area contributed by atoms with Gasteiger partial charge in [0.2, 0.25) is 21.8 Å². The average molecular weight is 568 g/mol. The smallest absolute Gasteiger partial charge is 0.243 e. The number of amides is 2. The molecule has 0 spiro atoms. The number of halogens is 1. The Hall–Kier alpha value is -3.56. The Morgan fingerprint density at radius 1 is 0.825 bits per heavy atom. The SMILES string of the molecule is CCCCCNC(=O)C(Cc1ccccc1)N(Cc1ccc(F)cc1)C(=O)CN(Cc1ccccc1)S(C)(=O)=O. The number of hydrogen-bond donors (Lipinski definition) is 1. The molecule has 1 unspecified atom stereocenters. The zero-order valence-electron chi connectivity index (χ0n) is 23.1. The van der Waals surface area contributed by atoms with E-state index in [1.165, 1.54) is 17.0 Å². The maximum Gasteiger partial charge on any atom is 0.243 e. The number of rotatable bonds is 15. The van der Waals surface area contributed by atoms with Gasteiger partial charge in [-0.2, -0.15) is 4.31 Å². The highest BCUT2D eigenvalue weighted by Gasteiger charge is 2.32. The molecule has 0 saturated heterocycles. The molecule has 0 saturated carbocycles. The Balaban J connectivity index is 1.95. The second-order valence-electron chi connectivity index (χ2n) is 9.87. The number of benzene rings is 3. The van der Waals surface area contributed by atoms with E-state index in [1.54, 1.807) is 36.4 Å². The van der Waals surface area contributed by atoms with Crippen LogP contribution in [0, 0.1) is 5.82 Å². The van der Waals surface area contributed by atoms with Crippen LogP contribution in [-0.4, -0.2) is 54.8 Å². The van der Waals surface area contributed by atoms with Gasteiger partial charge >= 0.3 is 0 Å². The van der Waals surface area contributed by atoms with Gasteiger partial charge in [0, 0.05) is 26.1 Å². The molecule has 0 bridgehead atoms. The highest BCUT2D eigenvalue weighted by Crippen LogP contribution is 2.17. The Labute approximate surface area is 237 Å². The summed E-state index contributed by atoms with van der Waals surface area (Å²) in [6.07, 6.45) is 4.08. The fraction of sp³-hybridized carbons (Fsp3) is 0.355. The maximum atomic E-state index is 13.9. The second-order valence-corrected chi connectivity index (χ2v) is 11.9. The van der Waals surface area contributed by atoms with Gasteiger partial charge in [-0.25, -0.2) is 12.8 Å². The summed E-state index contributed by atoms with van der Waals surface area (Å²) in [5, 5.41) is 2.97. The van der Waals surface area contributed by atoms with Crippen LogP contribution in [0.5, 0.6) is 0 Å². The summed E-state index contributed by atoms with van der Waals surface area (Å²) in [6, 6.07) is 23.2. The Morgan fingerprint density at radius 3 is 1.98 bits per heavy atom. The number of carbonyl (C=O) groups is 2. The first-order valence-corrected chi connectivity index (χ1v) is 15.4. The molecule has 0 aliphatic heterocycles. The molecule has 0 radical (unpaired) electrons. The largest absolute Gasteiger partial charge is 0.354 e. The predicted molar refractivity (Wildman–Crippen MR) is 155 cm³/mol. The quantitative estimate of drug-likeness (QED) is 0.274. The van der Waals surface area contributed by atoms with E-state index in [2.05, 4.69) is 12.2 Å². The summed E-state index contributed by atoms with van der Waals surface area (Å²) in [5.74, 6) is -1.25. The monoisotopic (exact) mass is 567 g/mol. The van der Waals surface area contributed by atoms with E-state index in [0.717, 1.165) is 41.0 Å². The number of nitrogens with one attached hydrogen (secondary N) is 1. The lowest BCUT2D eigenvalue weighted by Crippen LogP contribution is -2.53. The number of carbonyl (C=O) groups excluding carboxylic acids is 2. The molecule has 0 aliphatic carbocycles. The third-order valence-electron chi connectivity index (χ3n) is 6.60. The third-order valence-corrected chi connectivity index (χ3v) is 7.80. The van der Waals surface area contributed by atoms with Crippen LogP contribution in [0.25, 0.3) is 0 Å². The van der Waals surface area contributed by atoms with Gasteiger partial charge in [0.15, 0.2) is 0 Å². The van der Waals surface area contributed by atoms with Crippen LogP contribution in [0.3, 0.4) is 0 Å². The first kappa shape index (κ1) is 31.0. The van der Waals surface area contributed by atoms with Crippen molar-refractivity contribution in [3.63, 3.8) is 0 Å². The minimum Gasteiger partial charge on any atom is -0.354 e. The average Bonchev–Trinajstić information content (AvgIpc) is 2.94. The van der Waals surface area contributed by atoms with Crippen molar-refractivity contribution in [2.24, 2.45) is 0 Å².